The van der Waals surface area contributed by atoms with Gasteiger partial charge < -0.3 is 14.2 Å². The van der Waals surface area contributed by atoms with Crippen LogP contribution in [-0.2, 0) is 28.6 Å². The molecule has 0 spiro atoms. The molecule has 0 N–H and O–H groups in total. The predicted octanol–water partition coefficient (Wildman–Crippen LogP) is 24.4. The fraction of sp³-hybridized carbons (Fsp3) is 0.931. The van der Waals surface area contributed by atoms with Gasteiger partial charge in [-0.1, -0.05) is 360 Å². The number of carbonyl (C=O) groups excluding carboxylic acids is 3. The molecular weight excluding hydrogens is 961 g/mol. The molecule has 0 rings (SSSR count). The smallest absolute Gasteiger partial charge is 0.306 e. The van der Waals surface area contributed by atoms with Crippen LogP contribution < -0.4 is 0 Å². The average Bonchev–Trinajstić information content (AvgIpc) is 3.44. The Hall–Kier alpha value is -1.85. The van der Waals surface area contributed by atoms with Gasteiger partial charge in [-0.05, 0) is 44.9 Å². The summed E-state index contributed by atoms with van der Waals surface area (Å²) in [6.45, 7) is 6.74. The van der Waals surface area contributed by atoms with Gasteiger partial charge in [-0.25, -0.2) is 0 Å². The minimum atomic E-state index is -0.767. The van der Waals surface area contributed by atoms with Crippen LogP contribution in [0, 0.1) is 0 Å². The molecule has 0 aromatic carbocycles. The maximum absolute atomic E-state index is 13.0. The van der Waals surface area contributed by atoms with Crippen molar-refractivity contribution in [1.82, 2.24) is 0 Å². The van der Waals surface area contributed by atoms with Crippen LogP contribution in [0.3, 0.4) is 0 Å². The normalized spacial score (nSPS) is 12.0. The van der Waals surface area contributed by atoms with E-state index in [-0.39, 0.29) is 31.1 Å². The highest BCUT2D eigenvalue weighted by molar-refractivity contribution is 5.71. The van der Waals surface area contributed by atoms with E-state index in [9.17, 15) is 14.4 Å². The lowest BCUT2D eigenvalue weighted by Gasteiger charge is -2.18. The van der Waals surface area contributed by atoms with Crippen molar-refractivity contribution < 1.29 is 28.6 Å². The monoisotopic (exact) mass is 1100 g/mol. The van der Waals surface area contributed by atoms with Gasteiger partial charge >= 0.3 is 17.9 Å². The van der Waals surface area contributed by atoms with Crippen molar-refractivity contribution in [2.45, 2.75) is 419 Å². The molecule has 0 aliphatic rings. The molecule has 0 amide bonds. The Morgan fingerprint density at radius 2 is 0.423 bits per heavy atom. The van der Waals surface area contributed by atoms with Crippen molar-refractivity contribution in [3.05, 3.63) is 12.2 Å². The maximum Gasteiger partial charge on any atom is 0.306 e. The molecule has 78 heavy (non-hydrogen) atoms. The van der Waals surface area contributed by atoms with Gasteiger partial charge in [0.2, 0.25) is 0 Å². The quantitative estimate of drug-likeness (QED) is 0.0261. The Morgan fingerprint density at radius 3 is 0.641 bits per heavy atom. The second-order valence-corrected chi connectivity index (χ2v) is 24.5. The first kappa shape index (κ1) is 76.1. The van der Waals surface area contributed by atoms with E-state index in [1.165, 1.54) is 315 Å². The molecule has 0 radical (unpaired) electrons. The van der Waals surface area contributed by atoms with E-state index in [1.54, 1.807) is 0 Å². The Morgan fingerprint density at radius 1 is 0.244 bits per heavy atom. The molecule has 0 saturated carbocycles. The minimum absolute atomic E-state index is 0.0632. The standard InChI is InChI=1S/C72H138O6/c1-4-7-10-13-16-19-22-25-28-31-34-36-38-41-44-47-50-53-56-59-62-65-71(74)77-68-69(67-76-70(73)64-61-58-55-52-49-46-43-40-33-30-27-24-21-18-15-12-9-6-3)78-72(75)66-63-60-57-54-51-48-45-42-39-37-35-32-29-26-23-20-17-14-11-8-5-2/h31,34,69H,4-30,32-33,35-68H2,1-3H3/b34-31-. The largest absolute Gasteiger partial charge is 0.462 e. The van der Waals surface area contributed by atoms with Gasteiger partial charge in [-0.15, -0.1) is 0 Å². The molecule has 6 heteroatoms. The van der Waals surface area contributed by atoms with Gasteiger partial charge in [0, 0.05) is 19.3 Å². The third-order valence-corrected chi connectivity index (χ3v) is 16.5. The predicted molar refractivity (Wildman–Crippen MR) is 340 cm³/mol. The van der Waals surface area contributed by atoms with E-state index in [4.69, 9.17) is 14.2 Å². The van der Waals surface area contributed by atoms with E-state index < -0.39 is 6.10 Å². The van der Waals surface area contributed by atoms with Crippen LogP contribution in [0.1, 0.15) is 412 Å². The highest BCUT2D eigenvalue weighted by Crippen LogP contribution is 2.19. The second-order valence-electron chi connectivity index (χ2n) is 24.5. The molecule has 1 unspecified atom stereocenters. The Kier molecular flexibility index (Phi) is 66.0. The molecule has 6 nitrogen and oxygen atoms in total. The van der Waals surface area contributed by atoms with Crippen molar-refractivity contribution in [2.24, 2.45) is 0 Å². The van der Waals surface area contributed by atoms with Crippen LogP contribution in [-0.4, -0.2) is 37.2 Å². The molecule has 1 atom stereocenters. The molecule has 0 fully saturated rings. The van der Waals surface area contributed by atoms with Crippen LogP contribution >= 0.6 is 0 Å². The molecule has 0 aliphatic heterocycles. The Balaban J connectivity index is 4.29. The summed E-state index contributed by atoms with van der Waals surface area (Å²) in [7, 11) is 0. The molecule has 0 saturated heterocycles. The maximum atomic E-state index is 13.0. The van der Waals surface area contributed by atoms with Crippen LogP contribution in [0.15, 0.2) is 12.2 Å². The number of esters is 3. The summed E-state index contributed by atoms with van der Waals surface area (Å²) in [5, 5.41) is 0. The summed E-state index contributed by atoms with van der Waals surface area (Å²) in [6, 6.07) is 0. The van der Waals surface area contributed by atoms with Gasteiger partial charge in [0.05, 0.1) is 0 Å². The second kappa shape index (κ2) is 67.7. The van der Waals surface area contributed by atoms with Crippen molar-refractivity contribution >= 4 is 17.9 Å². The highest BCUT2D eigenvalue weighted by atomic mass is 16.6. The molecular formula is C72H138O6. The summed E-state index contributed by atoms with van der Waals surface area (Å²) in [4.78, 5) is 38.5. The lowest BCUT2D eigenvalue weighted by atomic mass is 10.0. The fourth-order valence-corrected chi connectivity index (χ4v) is 11.2. The summed E-state index contributed by atoms with van der Waals surface area (Å²) < 4.78 is 17.0. The Labute approximate surface area is 488 Å². The Bertz CT molecular complexity index is 1210. The van der Waals surface area contributed by atoms with E-state index >= 15 is 0 Å². The average molecular weight is 1100 g/mol. The zero-order valence-electron chi connectivity index (χ0n) is 53.2. The first-order valence-corrected chi connectivity index (χ1v) is 35.7. The molecule has 0 aliphatic carbocycles. The van der Waals surface area contributed by atoms with Gasteiger partial charge in [0.25, 0.3) is 0 Å². The van der Waals surface area contributed by atoms with Crippen LogP contribution in [0.25, 0.3) is 0 Å². The third kappa shape index (κ3) is 65.0. The van der Waals surface area contributed by atoms with Crippen LogP contribution in [0.5, 0.6) is 0 Å². The minimum Gasteiger partial charge on any atom is -0.462 e. The zero-order valence-corrected chi connectivity index (χ0v) is 53.2. The third-order valence-electron chi connectivity index (χ3n) is 16.5. The van der Waals surface area contributed by atoms with Gasteiger partial charge in [-0.3, -0.25) is 14.4 Å². The molecule has 462 valence electrons. The first-order chi connectivity index (χ1) is 38.5. The van der Waals surface area contributed by atoms with Crippen molar-refractivity contribution in [3.63, 3.8) is 0 Å². The fourth-order valence-electron chi connectivity index (χ4n) is 11.2. The summed E-state index contributed by atoms with van der Waals surface area (Å²) in [5.41, 5.74) is 0. The van der Waals surface area contributed by atoms with E-state index in [0.717, 1.165) is 57.8 Å². The molecule has 0 aromatic rings. The number of rotatable bonds is 67. The van der Waals surface area contributed by atoms with Crippen LogP contribution in [0.4, 0.5) is 0 Å². The number of carbonyl (C=O) groups is 3. The van der Waals surface area contributed by atoms with Crippen molar-refractivity contribution in [3.8, 4) is 0 Å². The molecule has 0 bridgehead atoms. The number of hydrogen-bond acceptors (Lipinski definition) is 6. The number of unbranched alkanes of at least 4 members (excludes halogenated alkanes) is 54. The zero-order chi connectivity index (χ0) is 56.4. The van der Waals surface area contributed by atoms with Gasteiger partial charge in [0.1, 0.15) is 13.2 Å². The summed E-state index contributed by atoms with van der Waals surface area (Å²) in [5.74, 6) is -0.827. The van der Waals surface area contributed by atoms with E-state index in [1.807, 2.05) is 0 Å². The van der Waals surface area contributed by atoms with Crippen molar-refractivity contribution in [2.75, 3.05) is 13.2 Å². The van der Waals surface area contributed by atoms with E-state index in [0.29, 0.717) is 19.3 Å². The SMILES string of the molecule is CCCCCCCCCC/C=C\CCCCCCCCCCCC(=O)OCC(COC(=O)CCCCCCCCCCCCCCCCCCCC)OC(=O)CCCCCCCCCCCCCCCCCCCCCCC. The topological polar surface area (TPSA) is 78.9 Å². The van der Waals surface area contributed by atoms with Crippen LogP contribution in [0.2, 0.25) is 0 Å². The number of ether oxygens (including phenoxy) is 3. The molecule has 0 heterocycles. The summed E-state index contributed by atoms with van der Waals surface area (Å²) in [6.07, 6.45) is 80.9. The number of hydrogen-bond donors (Lipinski definition) is 0. The van der Waals surface area contributed by atoms with Gasteiger partial charge in [0.15, 0.2) is 6.10 Å². The molecule has 0 aromatic heterocycles. The summed E-state index contributed by atoms with van der Waals surface area (Å²) >= 11 is 0. The lowest BCUT2D eigenvalue weighted by molar-refractivity contribution is -0.167. The first-order valence-electron chi connectivity index (χ1n) is 35.7. The van der Waals surface area contributed by atoms with E-state index in [2.05, 4.69) is 32.9 Å². The lowest BCUT2D eigenvalue weighted by Crippen LogP contribution is -2.30. The highest BCUT2D eigenvalue weighted by Gasteiger charge is 2.19. The van der Waals surface area contributed by atoms with Gasteiger partial charge in [-0.2, -0.15) is 0 Å². The van der Waals surface area contributed by atoms with Crippen molar-refractivity contribution in [1.29, 1.82) is 0 Å². The number of allylic oxidation sites excluding steroid dienone is 2.